The van der Waals surface area contributed by atoms with E-state index in [2.05, 4.69) is 0 Å². The smallest absolute Gasteiger partial charge is 0.333 e. The van der Waals surface area contributed by atoms with Gasteiger partial charge >= 0.3 is 13.6 Å². The third-order valence-electron chi connectivity index (χ3n) is 3.66. The van der Waals surface area contributed by atoms with E-state index < -0.39 is 37.6 Å². The summed E-state index contributed by atoms with van der Waals surface area (Å²) in [5, 5.41) is 0. The lowest BCUT2D eigenvalue weighted by Gasteiger charge is -2.27. The van der Waals surface area contributed by atoms with Crippen LogP contribution in [0.1, 0.15) is 34.6 Å². The zero-order chi connectivity index (χ0) is 18.6. The van der Waals surface area contributed by atoms with Gasteiger partial charge < -0.3 is 13.8 Å². The molecule has 1 heterocycles. The van der Waals surface area contributed by atoms with E-state index in [1.165, 1.54) is 12.1 Å². The summed E-state index contributed by atoms with van der Waals surface area (Å²) in [6.07, 6.45) is -0.465. The molecule has 1 aromatic rings. The Kier molecular flexibility index (Phi) is 6.11. The minimum Gasteiger partial charge on any atom is -0.467 e. The first-order valence-corrected chi connectivity index (χ1v) is 9.54. The van der Waals surface area contributed by atoms with Crippen molar-refractivity contribution >= 4 is 25.4 Å². The number of carbonyl (C=O) groups is 3. The number of esters is 1. The molecule has 0 aliphatic carbocycles. The van der Waals surface area contributed by atoms with E-state index in [4.69, 9.17) is 13.8 Å². The molecule has 1 atom stereocenters. The summed E-state index contributed by atoms with van der Waals surface area (Å²) < 4.78 is 27.8. The van der Waals surface area contributed by atoms with E-state index in [0.29, 0.717) is 0 Å². The minimum absolute atomic E-state index is 0.0906. The molecule has 0 saturated heterocycles. The molecule has 0 saturated carbocycles. The van der Waals surface area contributed by atoms with Gasteiger partial charge in [-0.2, -0.15) is 0 Å². The first-order chi connectivity index (χ1) is 11.9. The van der Waals surface area contributed by atoms with Crippen LogP contribution in [0.5, 0.6) is 0 Å². The summed E-state index contributed by atoms with van der Waals surface area (Å²) in [4.78, 5) is 38.2. The van der Waals surface area contributed by atoms with Crippen LogP contribution in [0.3, 0.4) is 0 Å². The van der Waals surface area contributed by atoms with Gasteiger partial charge in [0.05, 0.1) is 37.6 Å². The molecule has 0 spiro atoms. The van der Waals surface area contributed by atoms with E-state index in [9.17, 15) is 18.9 Å². The van der Waals surface area contributed by atoms with Crippen molar-refractivity contribution in [3.8, 4) is 0 Å². The van der Waals surface area contributed by atoms with Gasteiger partial charge in [-0.1, -0.05) is 12.1 Å². The summed E-state index contributed by atoms with van der Waals surface area (Å²) in [5.74, 6) is -2.15. The molecule has 25 heavy (non-hydrogen) atoms. The zero-order valence-electron chi connectivity index (χ0n) is 14.3. The van der Waals surface area contributed by atoms with Crippen molar-refractivity contribution < 1.29 is 32.7 Å². The average Bonchev–Trinajstić information content (AvgIpc) is 2.84. The quantitative estimate of drug-likeness (QED) is 0.393. The van der Waals surface area contributed by atoms with Crippen molar-refractivity contribution in [3.63, 3.8) is 0 Å². The van der Waals surface area contributed by atoms with Crippen LogP contribution in [0.2, 0.25) is 0 Å². The molecule has 0 radical (unpaired) electrons. The van der Waals surface area contributed by atoms with Gasteiger partial charge in [0.2, 0.25) is 0 Å². The third kappa shape index (κ3) is 3.81. The fourth-order valence-electron chi connectivity index (χ4n) is 2.64. The molecule has 9 heteroatoms. The maximum atomic E-state index is 12.8. The maximum absolute atomic E-state index is 12.8. The number of hydrogen-bond donors (Lipinski definition) is 0. The summed E-state index contributed by atoms with van der Waals surface area (Å²) in [7, 11) is -2.57. The van der Waals surface area contributed by atoms with Gasteiger partial charge in [-0.3, -0.25) is 19.1 Å². The Bertz CT molecular complexity index is 688. The summed E-state index contributed by atoms with van der Waals surface area (Å²) in [5.41, 5.74) is 0.369. The highest BCUT2D eigenvalue weighted by Gasteiger charge is 2.46. The fraction of sp³-hybridized carbons (Fsp3) is 0.438. The van der Waals surface area contributed by atoms with E-state index in [1.807, 2.05) is 0 Å². The second kappa shape index (κ2) is 7.91. The van der Waals surface area contributed by atoms with Gasteiger partial charge in [0.15, 0.2) is 0 Å². The molecular formula is C16H20NO7P. The number of amides is 2. The number of rotatable bonds is 8. The zero-order valence-corrected chi connectivity index (χ0v) is 15.2. The maximum Gasteiger partial charge on any atom is 0.333 e. The number of benzene rings is 1. The predicted molar refractivity (Wildman–Crippen MR) is 88.5 cm³/mol. The Hall–Kier alpha value is -2.02. The van der Waals surface area contributed by atoms with Gasteiger partial charge in [-0.05, 0) is 26.0 Å². The third-order valence-corrected chi connectivity index (χ3v) is 5.75. The van der Waals surface area contributed by atoms with Crippen LogP contribution in [0, 0.1) is 0 Å². The summed E-state index contributed by atoms with van der Waals surface area (Å²) >= 11 is 0. The number of imide groups is 1. The Labute approximate surface area is 145 Å². The Morgan fingerprint density at radius 1 is 1.08 bits per heavy atom. The topological polar surface area (TPSA) is 99.2 Å². The summed E-state index contributed by atoms with van der Waals surface area (Å²) in [6.45, 7) is 3.43. The number of ether oxygens (including phenoxy) is 1. The number of methoxy groups -OCH3 is 1. The Balaban J connectivity index is 2.39. The highest BCUT2D eigenvalue weighted by molar-refractivity contribution is 7.54. The molecule has 1 aliphatic rings. The van der Waals surface area contributed by atoms with E-state index in [0.717, 1.165) is 12.0 Å². The average molecular weight is 369 g/mol. The van der Waals surface area contributed by atoms with Gasteiger partial charge in [0, 0.05) is 0 Å². The molecule has 0 N–H and O–H groups in total. The number of hydrogen-bond acceptors (Lipinski definition) is 7. The van der Waals surface area contributed by atoms with Gasteiger partial charge in [-0.15, -0.1) is 0 Å². The van der Waals surface area contributed by atoms with E-state index in [-0.39, 0.29) is 24.3 Å². The lowest BCUT2D eigenvalue weighted by atomic mass is 10.1. The number of fused-ring (bicyclic) bond motifs is 1. The molecule has 2 amide bonds. The van der Waals surface area contributed by atoms with Crippen LogP contribution < -0.4 is 0 Å². The molecule has 0 fully saturated rings. The molecule has 1 aromatic carbocycles. The lowest BCUT2D eigenvalue weighted by Crippen LogP contribution is -2.47. The van der Waals surface area contributed by atoms with Crippen molar-refractivity contribution in [1.82, 2.24) is 4.90 Å². The fourth-order valence-corrected chi connectivity index (χ4v) is 4.44. The highest BCUT2D eigenvalue weighted by Crippen LogP contribution is 2.49. The predicted octanol–water partition coefficient (Wildman–Crippen LogP) is 2.09. The van der Waals surface area contributed by atoms with Crippen LogP contribution in [0.15, 0.2) is 24.3 Å². The monoisotopic (exact) mass is 369 g/mol. The van der Waals surface area contributed by atoms with Gasteiger partial charge in [0.25, 0.3) is 11.8 Å². The van der Waals surface area contributed by atoms with Crippen LogP contribution in [0.25, 0.3) is 0 Å². The molecule has 8 nitrogen and oxygen atoms in total. The van der Waals surface area contributed by atoms with Gasteiger partial charge in [-0.25, -0.2) is 4.79 Å². The van der Waals surface area contributed by atoms with Crippen molar-refractivity contribution in [1.29, 1.82) is 0 Å². The SMILES string of the molecule is CCOP(=O)(CC(C(=O)OC)N1C(=O)c2ccccc2C1=O)OCC. The molecule has 2 rings (SSSR count). The lowest BCUT2D eigenvalue weighted by molar-refractivity contribution is -0.144. The molecule has 136 valence electrons. The molecule has 0 aromatic heterocycles. The van der Waals surface area contributed by atoms with Crippen LogP contribution in [-0.4, -0.2) is 55.2 Å². The molecule has 1 aliphatic heterocycles. The minimum atomic E-state index is -3.69. The van der Waals surface area contributed by atoms with Crippen molar-refractivity contribution in [2.24, 2.45) is 0 Å². The van der Waals surface area contributed by atoms with E-state index >= 15 is 0 Å². The van der Waals surface area contributed by atoms with Crippen LogP contribution >= 0.6 is 7.60 Å². The van der Waals surface area contributed by atoms with E-state index in [1.54, 1.807) is 26.0 Å². The molecule has 0 bridgehead atoms. The first kappa shape index (κ1) is 19.3. The largest absolute Gasteiger partial charge is 0.467 e. The van der Waals surface area contributed by atoms with Crippen molar-refractivity contribution in [2.45, 2.75) is 19.9 Å². The molecule has 1 unspecified atom stereocenters. The first-order valence-electron chi connectivity index (χ1n) is 7.81. The number of carbonyl (C=O) groups excluding carboxylic acids is 3. The van der Waals surface area contributed by atoms with Crippen LogP contribution in [0.4, 0.5) is 0 Å². The van der Waals surface area contributed by atoms with Crippen LogP contribution in [-0.2, 0) is 23.1 Å². The van der Waals surface area contributed by atoms with Gasteiger partial charge in [0.1, 0.15) is 6.04 Å². The second-order valence-electron chi connectivity index (χ2n) is 5.19. The normalized spacial score (nSPS) is 15.2. The molecular weight excluding hydrogens is 349 g/mol. The van der Waals surface area contributed by atoms with Crippen molar-refractivity contribution in [2.75, 3.05) is 26.5 Å². The van der Waals surface area contributed by atoms with Crippen molar-refractivity contribution in [3.05, 3.63) is 35.4 Å². The Morgan fingerprint density at radius 2 is 1.56 bits per heavy atom. The highest BCUT2D eigenvalue weighted by atomic mass is 31.2. The number of nitrogens with zero attached hydrogens (tertiary/aromatic N) is 1. The second-order valence-corrected chi connectivity index (χ2v) is 7.30. The standard InChI is InChI=1S/C16H20NO7P/c1-4-23-25(21,24-5-2)10-13(16(20)22-3)17-14(18)11-8-6-7-9-12(11)15(17)19/h6-9,13H,4-5,10H2,1-3H3. The summed E-state index contributed by atoms with van der Waals surface area (Å²) in [6, 6.07) is 4.82. The Morgan fingerprint density at radius 3 is 1.96 bits per heavy atom.